The van der Waals surface area contributed by atoms with E-state index >= 15 is 0 Å². The first kappa shape index (κ1) is 18.0. The molecule has 0 bridgehead atoms. The predicted molar refractivity (Wildman–Crippen MR) is 99.4 cm³/mol. The third kappa shape index (κ3) is 3.43. The van der Waals surface area contributed by atoms with Crippen molar-refractivity contribution in [2.24, 2.45) is 0 Å². The Morgan fingerprint density at radius 2 is 2.00 bits per heavy atom. The number of carbonyl (C=O) groups excluding carboxylic acids is 1. The molecule has 3 rings (SSSR count). The molecule has 0 spiro atoms. The van der Waals surface area contributed by atoms with E-state index in [-0.39, 0.29) is 11.4 Å². The number of thiophene rings is 1. The first-order valence-corrected chi connectivity index (χ1v) is 8.90. The second kappa shape index (κ2) is 7.21. The van der Waals surface area contributed by atoms with Gasteiger partial charge in [0.05, 0.1) is 6.54 Å². The van der Waals surface area contributed by atoms with E-state index in [2.05, 4.69) is 5.10 Å². The zero-order chi connectivity index (χ0) is 18.8. The number of aryl methyl sites for hydroxylation is 2. The summed E-state index contributed by atoms with van der Waals surface area (Å²) in [6.45, 7) is 4.00. The average molecular weight is 371 g/mol. The quantitative estimate of drug-likeness (QED) is 0.707. The molecule has 2 heterocycles. The van der Waals surface area contributed by atoms with Gasteiger partial charge in [-0.3, -0.25) is 9.59 Å². The molecular formula is C19H18FN3O2S. The van der Waals surface area contributed by atoms with Gasteiger partial charge in [0, 0.05) is 23.7 Å². The predicted octanol–water partition coefficient (Wildman–Crippen LogP) is 3.32. The summed E-state index contributed by atoms with van der Waals surface area (Å²) in [6, 6.07) is 9.38. The van der Waals surface area contributed by atoms with Crippen LogP contribution < -0.4 is 5.43 Å². The maximum Gasteiger partial charge on any atom is 0.278 e. The second-order valence-electron chi connectivity index (χ2n) is 6.05. The molecular weight excluding hydrogens is 353 g/mol. The minimum Gasteiger partial charge on any atom is -0.335 e. The lowest BCUT2D eigenvalue weighted by Crippen LogP contribution is -2.33. The normalized spacial score (nSPS) is 10.8. The van der Waals surface area contributed by atoms with Crippen LogP contribution in [0, 0.1) is 19.7 Å². The fourth-order valence-corrected chi connectivity index (χ4v) is 3.56. The van der Waals surface area contributed by atoms with Gasteiger partial charge in [0.2, 0.25) is 5.43 Å². The molecule has 0 aliphatic carbocycles. The summed E-state index contributed by atoms with van der Waals surface area (Å²) < 4.78 is 15.4. The molecule has 26 heavy (non-hydrogen) atoms. The molecule has 0 unspecified atom stereocenters. The highest BCUT2D eigenvalue weighted by atomic mass is 32.1. The number of carbonyl (C=O) groups is 1. The monoisotopic (exact) mass is 371 g/mol. The van der Waals surface area contributed by atoms with E-state index in [0.29, 0.717) is 12.2 Å². The Kier molecular flexibility index (Phi) is 4.99. The Morgan fingerprint density at radius 1 is 1.27 bits per heavy atom. The van der Waals surface area contributed by atoms with Gasteiger partial charge in [-0.1, -0.05) is 12.1 Å². The van der Waals surface area contributed by atoms with Crippen LogP contribution in [0.25, 0.3) is 5.69 Å². The molecule has 0 aliphatic heterocycles. The molecule has 0 saturated heterocycles. The van der Waals surface area contributed by atoms with E-state index in [1.165, 1.54) is 21.7 Å². The van der Waals surface area contributed by atoms with Gasteiger partial charge in [-0.05, 0) is 43.0 Å². The zero-order valence-corrected chi connectivity index (χ0v) is 15.5. The van der Waals surface area contributed by atoms with Crippen molar-refractivity contribution in [1.29, 1.82) is 0 Å². The van der Waals surface area contributed by atoms with Crippen LogP contribution in [0.15, 0.2) is 46.6 Å². The minimum atomic E-state index is -0.493. The number of benzene rings is 1. The highest BCUT2D eigenvalue weighted by molar-refractivity contribution is 7.10. The van der Waals surface area contributed by atoms with Gasteiger partial charge in [-0.2, -0.15) is 5.10 Å². The van der Waals surface area contributed by atoms with E-state index < -0.39 is 17.2 Å². The van der Waals surface area contributed by atoms with Crippen molar-refractivity contribution < 1.29 is 9.18 Å². The topological polar surface area (TPSA) is 55.2 Å². The Balaban J connectivity index is 1.98. The van der Waals surface area contributed by atoms with Gasteiger partial charge in [-0.25, -0.2) is 9.07 Å². The molecule has 3 aromatic rings. The number of hydrogen-bond donors (Lipinski definition) is 0. The molecule has 5 nitrogen and oxygen atoms in total. The summed E-state index contributed by atoms with van der Waals surface area (Å²) in [7, 11) is 1.62. The maximum absolute atomic E-state index is 14.1. The standard InChI is InChI=1S/C19H18FN3O2S/c1-12-8-9-26-17(12)11-22(3)19(25)18-16(24)10-13(2)23(21-18)15-7-5-4-6-14(15)20/h4-10H,11H2,1-3H3. The van der Waals surface area contributed by atoms with Crippen LogP contribution in [0.3, 0.4) is 0 Å². The fourth-order valence-electron chi connectivity index (χ4n) is 2.60. The summed E-state index contributed by atoms with van der Waals surface area (Å²) in [5.41, 5.74) is 1.03. The van der Waals surface area contributed by atoms with Crippen LogP contribution in [-0.4, -0.2) is 27.6 Å². The Morgan fingerprint density at radius 3 is 2.65 bits per heavy atom. The summed E-state index contributed by atoms with van der Waals surface area (Å²) in [4.78, 5) is 27.5. The van der Waals surface area contributed by atoms with Gasteiger partial charge in [0.15, 0.2) is 5.69 Å². The Hall–Kier alpha value is -2.80. The largest absolute Gasteiger partial charge is 0.335 e. The number of rotatable bonds is 4. The first-order valence-electron chi connectivity index (χ1n) is 8.03. The van der Waals surface area contributed by atoms with E-state index in [1.807, 2.05) is 18.4 Å². The minimum absolute atomic E-state index is 0.191. The third-order valence-corrected chi connectivity index (χ3v) is 5.09. The van der Waals surface area contributed by atoms with Crippen molar-refractivity contribution in [3.8, 4) is 5.69 Å². The Labute approximate surface area is 154 Å². The van der Waals surface area contributed by atoms with Crippen LogP contribution in [0.2, 0.25) is 0 Å². The SMILES string of the molecule is Cc1ccsc1CN(C)C(=O)c1nn(-c2ccccc2F)c(C)cc1=O. The molecule has 1 aromatic carbocycles. The fraction of sp³-hybridized carbons (Fsp3) is 0.211. The lowest BCUT2D eigenvalue weighted by molar-refractivity contribution is 0.0777. The van der Waals surface area contributed by atoms with Crippen LogP contribution in [0.5, 0.6) is 0 Å². The third-order valence-electron chi connectivity index (χ3n) is 4.09. The van der Waals surface area contributed by atoms with Crippen LogP contribution in [0.4, 0.5) is 4.39 Å². The number of amides is 1. The molecule has 0 saturated carbocycles. The molecule has 7 heteroatoms. The van der Waals surface area contributed by atoms with Gasteiger partial charge >= 0.3 is 0 Å². The number of para-hydroxylation sites is 1. The molecule has 2 aromatic heterocycles. The number of halogens is 1. The molecule has 0 atom stereocenters. The summed E-state index contributed by atoms with van der Waals surface area (Å²) >= 11 is 1.55. The number of aromatic nitrogens is 2. The summed E-state index contributed by atoms with van der Waals surface area (Å²) in [5, 5.41) is 6.11. The lowest BCUT2D eigenvalue weighted by atomic mass is 10.2. The smallest absolute Gasteiger partial charge is 0.278 e. The highest BCUT2D eigenvalue weighted by Crippen LogP contribution is 2.18. The second-order valence-corrected chi connectivity index (χ2v) is 7.05. The van der Waals surface area contributed by atoms with Crippen molar-refractivity contribution in [1.82, 2.24) is 14.7 Å². The number of hydrogen-bond acceptors (Lipinski definition) is 4. The van der Waals surface area contributed by atoms with Gasteiger partial charge in [-0.15, -0.1) is 11.3 Å². The molecule has 0 N–H and O–H groups in total. The molecule has 0 fully saturated rings. The molecule has 0 radical (unpaired) electrons. The highest BCUT2D eigenvalue weighted by Gasteiger charge is 2.20. The lowest BCUT2D eigenvalue weighted by Gasteiger charge is -2.17. The van der Waals surface area contributed by atoms with Crippen molar-refractivity contribution in [2.45, 2.75) is 20.4 Å². The summed E-state index contributed by atoms with van der Waals surface area (Å²) in [6.07, 6.45) is 0. The van der Waals surface area contributed by atoms with Crippen molar-refractivity contribution >= 4 is 17.2 Å². The van der Waals surface area contributed by atoms with Gasteiger partial charge in [0.1, 0.15) is 11.5 Å². The van der Waals surface area contributed by atoms with E-state index in [1.54, 1.807) is 43.5 Å². The van der Waals surface area contributed by atoms with Crippen molar-refractivity contribution in [3.63, 3.8) is 0 Å². The van der Waals surface area contributed by atoms with E-state index in [9.17, 15) is 14.0 Å². The van der Waals surface area contributed by atoms with Gasteiger partial charge in [0.25, 0.3) is 5.91 Å². The van der Waals surface area contributed by atoms with Crippen molar-refractivity contribution in [2.75, 3.05) is 7.05 Å². The van der Waals surface area contributed by atoms with Crippen LogP contribution in [0.1, 0.15) is 26.6 Å². The molecule has 134 valence electrons. The molecule has 0 aliphatic rings. The average Bonchev–Trinajstić information content (AvgIpc) is 3.00. The van der Waals surface area contributed by atoms with E-state index in [0.717, 1.165) is 10.4 Å². The van der Waals surface area contributed by atoms with Crippen LogP contribution >= 0.6 is 11.3 Å². The van der Waals surface area contributed by atoms with E-state index in [4.69, 9.17) is 0 Å². The Bertz CT molecular complexity index is 1030. The van der Waals surface area contributed by atoms with Crippen LogP contribution in [-0.2, 0) is 6.54 Å². The summed E-state index contributed by atoms with van der Waals surface area (Å²) in [5.74, 6) is -0.972. The first-order chi connectivity index (χ1) is 12.4. The zero-order valence-electron chi connectivity index (χ0n) is 14.7. The number of nitrogens with zero attached hydrogens (tertiary/aromatic N) is 3. The molecule has 1 amide bonds. The van der Waals surface area contributed by atoms with Gasteiger partial charge < -0.3 is 4.90 Å². The van der Waals surface area contributed by atoms with Crippen molar-refractivity contribution in [3.05, 3.63) is 79.6 Å². The maximum atomic E-state index is 14.1.